The third-order valence-electron chi connectivity index (χ3n) is 2.51. The minimum atomic E-state index is 0.372. The molecule has 0 aliphatic carbocycles. The van der Waals surface area contributed by atoms with Gasteiger partial charge in [-0.3, -0.25) is 0 Å². The molecule has 4 nitrogen and oxygen atoms in total. The lowest BCUT2D eigenvalue weighted by Gasteiger charge is -2.05. The molecule has 0 amide bonds. The molecular formula is C14H17BrN2O2. The van der Waals surface area contributed by atoms with Crippen molar-refractivity contribution in [3.63, 3.8) is 0 Å². The number of para-hydroxylation sites is 1. The minimum absolute atomic E-state index is 0.372. The van der Waals surface area contributed by atoms with Crippen LogP contribution in [0.5, 0.6) is 5.75 Å². The van der Waals surface area contributed by atoms with E-state index < -0.39 is 0 Å². The Hall–Kier alpha value is -1.33. The van der Waals surface area contributed by atoms with Crippen LogP contribution in [-0.2, 0) is 13.2 Å². The lowest BCUT2D eigenvalue weighted by molar-refractivity contribution is 0.247. The number of benzene rings is 1. The molecule has 0 aliphatic rings. The van der Waals surface area contributed by atoms with Gasteiger partial charge < -0.3 is 14.6 Å². The van der Waals surface area contributed by atoms with E-state index in [-0.39, 0.29) is 0 Å². The van der Waals surface area contributed by atoms with Gasteiger partial charge in [-0.25, -0.2) is 0 Å². The molecule has 19 heavy (non-hydrogen) atoms. The molecule has 0 atom stereocenters. The Kier molecular flexibility index (Phi) is 4.99. The highest BCUT2D eigenvalue weighted by atomic mass is 79.9. The van der Waals surface area contributed by atoms with E-state index in [4.69, 9.17) is 9.26 Å². The quantitative estimate of drug-likeness (QED) is 0.883. The van der Waals surface area contributed by atoms with Crippen molar-refractivity contribution in [1.29, 1.82) is 0 Å². The van der Waals surface area contributed by atoms with E-state index in [0.29, 0.717) is 19.2 Å². The lowest BCUT2D eigenvalue weighted by Crippen LogP contribution is -2.21. The zero-order chi connectivity index (χ0) is 13.7. The zero-order valence-electron chi connectivity index (χ0n) is 11.0. The van der Waals surface area contributed by atoms with E-state index in [0.717, 1.165) is 21.7 Å². The largest absolute Gasteiger partial charge is 0.484 e. The van der Waals surface area contributed by atoms with Crippen molar-refractivity contribution < 1.29 is 9.26 Å². The van der Waals surface area contributed by atoms with E-state index in [1.807, 2.05) is 30.3 Å². The van der Waals surface area contributed by atoms with Gasteiger partial charge in [0.2, 0.25) is 0 Å². The second-order valence-corrected chi connectivity index (χ2v) is 5.39. The van der Waals surface area contributed by atoms with Gasteiger partial charge in [0.1, 0.15) is 12.4 Å². The van der Waals surface area contributed by atoms with Gasteiger partial charge in [0.15, 0.2) is 5.76 Å². The molecule has 5 heteroatoms. The summed E-state index contributed by atoms with van der Waals surface area (Å²) in [7, 11) is 0. The topological polar surface area (TPSA) is 47.3 Å². The van der Waals surface area contributed by atoms with Crippen molar-refractivity contribution in [2.75, 3.05) is 0 Å². The number of halogens is 1. The predicted octanol–water partition coefficient (Wildman–Crippen LogP) is 3.51. The molecule has 0 fully saturated rings. The number of aromatic nitrogens is 1. The van der Waals surface area contributed by atoms with Crippen molar-refractivity contribution >= 4 is 15.9 Å². The van der Waals surface area contributed by atoms with Crippen LogP contribution >= 0.6 is 15.9 Å². The van der Waals surface area contributed by atoms with E-state index >= 15 is 0 Å². The summed E-state index contributed by atoms with van der Waals surface area (Å²) in [6.45, 7) is 5.27. The third kappa shape index (κ3) is 4.36. The number of nitrogens with zero attached hydrogens (tertiary/aromatic N) is 1. The second-order valence-electron chi connectivity index (χ2n) is 4.54. The van der Waals surface area contributed by atoms with E-state index in [1.165, 1.54) is 0 Å². The van der Waals surface area contributed by atoms with E-state index in [1.54, 1.807) is 0 Å². The van der Waals surface area contributed by atoms with Crippen LogP contribution in [0.15, 0.2) is 39.3 Å². The minimum Gasteiger partial charge on any atom is -0.484 e. The molecule has 1 aromatic carbocycles. The lowest BCUT2D eigenvalue weighted by atomic mass is 10.3. The van der Waals surface area contributed by atoms with Crippen LogP contribution in [0.3, 0.4) is 0 Å². The van der Waals surface area contributed by atoms with Gasteiger partial charge in [-0.15, -0.1) is 0 Å². The predicted molar refractivity (Wildman–Crippen MR) is 77.0 cm³/mol. The summed E-state index contributed by atoms with van der Waals surface area (Å²) >= 11 is 3.43. The standard InChI is InChI=1S/C14H17BrN2O2/c1-10(2)16-8-11-7-12(19-17-11)9-18-14-6-4-3-5-13(14)15/h3-7,10,16H,8-9H2,1-2H3. The van der Waals surface area contributed by atoms with Crippen LogP contribution in [0, 0.1) is 0 Å². The molecule has 0 bridgehead atoms. The molecule has 1 N–H and O–H groups in total. The summed E-state index contributed by atoms with van der Waals surface area (Å²) in [5.41, 5.74) is 0.888. The molecule has 0 radical (unpaired) electrons. The summed E-state index contributed by atoms with van der Waals surface area (Å²) in [5, 5.41) is 7.28. The van der Waals surface area contributed by atoms with Gasteiger partial charge in [-0.2, -0.15) is 0 Å². The van der Waals surface area contributed by atoms with Crippen molar-refractivity contribution in [2.24, 2.45) is 0 Å². The molecule has 0 unspecified atom stereocenters. The van der Waals surface area contributed by atoms with Crippen molar-refractivity contribution in [1.82, 2.24) is 10.5 Å². The summed E-state index contributed by atoms with van der Waals surface area (Å²) in [6.07, 6.45) is 0. The Morgan fingerprint density at radius 2 is 2.16 bits per heavy atom. The molecule has 2 aromatic rings. The molecule has 1 aromatic heterocycles. The molecule has 0 saturated carbocycles. The first-order valence-electron chi connectivity index (χ1n) is 6.20. The fraction of sp³-hybridized carbons (Fsp3) is 0.357. The van der Waals surface area contributed by atoms with Gasteiger partial charge in [-0.05, 0) is 28.1 Å². The fourth-order valence-corrected chi connectivity index (χ4v) is 1.93. The first-order chi connectivity index (χ1) is 9.15. The number of nitrogens with one attached hydrogen (secondary N) is 1. The maximum atomic E-state index is 5.66. The van der Waals surface area contributed by atoms with Gasteiger partial charge >= 0.3 is 0 Å². The number of hydrogen-bond donors (Lipinski definition) is 1. The monoisotopic (exact) mass is 324 g/mol. The number of rotatable bonds is 6. The summed E-state index contributed by atoms with van der Waals surface area (Å²) in [4.78, 5) is 0. The highest BCUT2D eigenvalue weighted by Crippen LogP contribution is 2.24. The Labute approximate surface area is 121 Å². The zero-order valence-corrected chi connectivity index (χ0v) is 12.6. The van der Waals surface area contributed by atoms with Crippen LogP contribution in [0.2, 0.25) is 0 Å². The van der Waals surface area contributed by atoms with Crippen LogP contribution in [-0.4, -0.2) is 11.2 Å². The molecule has 0 spiro atoms. The van der Waals surface area contributed by atoms with Gasteiger partial charge in [0.05, 0.1) is 10.2 Å². The normalized spacial score (nSPS) is 10.9. The second kappa shape index (κ2) is 6.73. The first kappa shape index (κ1) is 14.1. The summed E-state index contributed by atoms with van der Waals surface area (Å²) in [6, 6.07) is 10.1. The third-order valence-corrected chi connectivity index (χ3v) is 3.16. The van der Waals surface area contributed by atoms with E-state index in [9.17, 15) is 0 Å². The van der Waals surface area contributed by atoms with E-state index in [2.05, 4.69) is 40.3 Å². The average molecular weight is 325 g/mol. The van der Waals surface area contributed by atoms with Crippen molar-refractivity contribution in [2.45, 2.75) is 33.0 Å². The summed E-state index contributed by atoms with van der Waals surface area (Å²) in [5.74, 6) is 1.51. The fourth-order valence-electron chi connectivity index (χ4n) is 1.53. The van der Waals surface area contributed by atoms with Crippen LogP contribution in [0.25, 0.3) is 0 Å². The Bertz CT molecular complexity index is 526. The molecule has 1 heterocycles. The van der Waals surface area contributed by atoms with Crippen LogP contribution in [0.4, 0.5) is 0 Å². The number of ether oxygens (including phenoxy) is 1. The van der Waals surface area contributed by atoms with Gasteiger partial charge in [0.25, 0.3) is 0 Å². The molecule has 0 aliphatic heterocycles. The smallest absolute Gasteiger partial charge is 0.174 e. The molecule has 102 valence electrons. The van der Waals surface area contributed by atoms with Gasteiger partial charge in [-0.1, -0.05) is 31.1 Å². The Morgan fingerprint density at radius 1 is 1.37 bits per heavy atom. The molecule has 2 rings (SSSR count). The van der Waals surface area contributed by atoms with Crippen LogP contribution < -0.4 is 10.1 Å². The maximum Gasteiger partial charge on any atom is 0.174 e. The Balaban J connectivity index is 1.88. The van der Waals surface area contributed by atoms with Crippen LogP contribution in [0.1, 0.15) is 25.3 Å². The molecular weight excluding hydrogens is 308 g/mol. The SMILES string of the molecule is CC(C)NCc1cc(COc2ccccc2Br)on1. The summed E-state index contributed by atoms with van der Waals surface area (Å²) < 4.78 is 11.8. The molecule has 0 saturated heterocycles. The van der Waals surface area contributed by atoms with Crippen molar-refractivity contribution in [3.05, 3.63) is 46.3 Å². The maximum absolute atomic E-state index is 5.66. The average Bonchev–Trinajstić information content (AvgIpc) is 2.83. The highest BCUT2D eigenvalue weighted by molar-refractivity contribution is 9.10. The van der Waals surface area contributed by atoms with Gasteiger partial charge in [0, 0.05) is 18.7 Å². The van der Waals surface area contributed by atoms with Crippen molar-refractivity contribution in [3.8, 4) is 5.75 Å². The highest BCUT2D eigenvalue weighted by Gasteiger charge is 2.06. The Morgan fingerprint density at radius 3 is 2.89 bits per heavy atom. The first-order valence-corrected chi connectivity index (χ1v) is 6.99. The number of hydrogen-bond acceptors (Lipinski definition) is 4.